The van der Waals surface area contributed by atoms with Gasteiger partial charge >= 0.3 is 0 Å². The molecule has 0 unspecified atom stereocenters. The second-order valence-corrected chi connectivity index (χ2v) is 6.27. The van der Waals surface area contributed by atoms with Crippen LogP contribution < -0.4 is 0 Å². The Morgan fingerprint density at radius 1 is 1.12 bits per heavy atom. The summed E-state index contributed by atoms with van der Waals surface area (Å²) >= 11 is 0. The molecule has 3 heteroatoms. The summed E-state index contributed by atoms with van der Waals surface area (Å²) in [4.78, 5) is 5.79. The van der Waals surface area contributed by atoms with E-state index in [1.165, 1.54) is 16.7 Å². The molecule has 0 aliphatic carbocycles. The van der Waals surface area contributed by atoms with Crippen molar-refractivity contribution >= 4 is 16.5 Å². The maximum Gasteiger partial charge on any atom is 0.0991 e. The third kappa shape index (κ3) is 2.84. The van der Waals surface area contributed by atoms with Crippen LogP contribution in [0, 0.1) is 11.3 Å². The summed E-state index contributed by atoms with van der Waals surface area (Å²) in [6, 6.07) is 18.7. The van der Waals surface area contributed by atoms with Gasteiger partial charge in [0.2, 0.25) is 0 Å². The van der Waals surface area contributed by atoms with Crippen molar-refractivity contribution in [3.05, 3.63) is 77.5 Å². The summed E-state index contributed by atoms with van der Waals surface area (Å²) in [6.07, 6.45) is 5.44. The van der Waals surface area contributed by atoms with Gasteiger partial charge in [0.1, 0.15) is 0 Å². The van der Waals surface area contributed by atoms with E-state index >= 15 is 0 Å². The first kappa shape index (κ1) is 14.7. The van der Waals surface area contributed by atoms with E-state index in [1.54, 1.807) is 0 Å². The van der Waals surface area contributed by atoms with Crippen molar-refractivity contribution < 1.29 is 0 Å². The molecule has 1 N–H and O–H groups in total. The fourth-order valence-electron chi connectivity index (χ4n) is 3.40. The Hall–Kier alpha value is -2.83. The monoisotopic (exact) mass is 313 g/mol. The molecule has 0 saturated carbocycles. The summed E-state index contributed by atoms with van der Waals surface area (Å²) in [7, 11) is 0. The highest BCUT2D eigenvalue weighted by molar-refractivity contribution is 5.93. The number of nitrogens with zero attached hydrogens (tertiary/aromatic N) is 2. The van der Waals surface area contributed by atoms with E-state index in [4.69, 9.17) is 5.26 Å². The number of nitrogens with one attached hydrogen (secondary N) is 1. The zero-order valence-corrected chi connectivity index (χ0v) is 13.5. The molecule has 0 spiro atoms. The van der Waals surface area contributed by atoms with Gasteiger partial charge in [-0.05, 0) is 35.8 Å². The Balaban J connectivity index is 1.55. The quantitative estimate of drug-likeness (QED) is 0.782. The first-order valence-corrected chi connectivity index (χ1v) is 8.30. The molecule has 118 valence electrons. The minimum Gasteiger partial charge on any atom is -0.361 e. The Labute approximate surface area is 141 Å². The van der Waals surface area contributed by atoms with Crippen LogP contribution in [0.3, 0.4) is 0 Å². The average molecular weight is 313 g/mol. The minimum atomic E-state index is 0.713. The van der Waals surface area contributed by atoms with Crippen molar-refractivity contribution in [2.75, 3.05) is 13.1 Å². The molecule has 1 aliphatic heterocycles. The molecule has 2 heterocycles. The fourth-order valence-corrected chi connectivity index (χ4v) is 3.40. The SMILES string of the molecule is N#Cc1ccc2[nH]cc(C3=CCN(Cc4ccccc4)CC3)c2c1. The molecule has 0 atom stereocenters. The van der Waals surface area contributed by atoms with Crippen LogP contribution in [0.4, 0.5) is 0 Å². The number of nitriles is 1. The molecule has 0 radical (unpaired) electrons. The molecular formula is C21H19N3. The Bertz CT molecular complexity index is 929. The number of fused-ring (bicyclic) bond motifs is 1. The van der Waals surface area contributed by atoms with Crippen LogP contribution in [-0.2, 0) is 6.54 Å². The van der Waals surface area contributed by atoms with Crippen LogP contribution in [0.25, 0.3) is 16.5 Å². The van der Waals surface area contributed by atoms with Crippen molar-refractivity contribution in [3.63, 3.8) is 0 Å². The standard InChI is InChI=1S/C21H19N3/c22-13-17-6-7-21-19(12-17)20(14-23-21)18-8-10-24(11-9-18)15-16-4-2-1-3-5-16/h1-8,12,14,23H,9-11,15H2. The number of rotatable bonds is 3. The first-order valence-electron chi connectivity index (χ1n) is 8.30. The number of aromatic nitrogens is 1. The van der Waals surface area contributed by atoms with Gasteiger partial charge in [-0.3, -0.25) is 4.90 Å². The normalized spacial score (nSPS) is 15.2. The lowest BCUT2D eigenvalue weighted by atomic mass is 9.98. The lowest BCUT2D eigenvalue weighted by molar-refractivity contribution is 0.294. The smallest absolute Gasteiger partial charge is 0.0991 e. The largest absolute Gasteiger partial charge is 0.361 e. The first-order chi connectivity index (χ1) is 11.8. The van der Waals surface area contributed by atoms with Gasteiger partial charge in [0.15, 0.2) is 0 Å². The molecule has 0 bridgehead atoms. The summed E-state index contributed by atoms with van der Waals surface area (Å²) in [5, 5.41) is 10.3. The molecule has 3 nitrogen and oxygen atoms in total. The van der Waals surface area contributed by atoms with E-state index in [0.29, 0.717) is 5.56 Å². The van der Waals surface area contributed by atoms with Gasteiger partial charge in [0, 0.05) is 42.3 Å². The van der Waals surface area contributed by atoms with E-state index in [-0.39, 0.29) is 0 Å². The van der Waals surface area contributed by atoms with Gasteiger partial charge in [-0.2, -0.15) is 5.26 Å². The molecule has 1 aromatic heterocycles. The fraction of sp³-hybridized carbons (Fsp3) is 0.190. The summed E-state index contributed by atoms with van der Waals surface area (Å²) in [5.74, 6) is 0. The summed E-state index contributed by atoms with van der Waals surface area (Å²) in [5.41, 5.74) is 5.78. The summed E-state index contributed by atoms with van der Waals surface area (Å²) in [6.45, 7) is 3.03. The van der Waals surface area contributed by atoms with Crippen LogP contribution in [0.2, 0.25) is 0 Å². The molecule has 0 saturated heterocycles. The van der Waals surface area contributed by atoms with Gasteiger partial charge in [-0.15, -0.1) is 0 Å². The van der Waals surface area contributed by atoms with E-state index < -0.39 is 0 Å². The lowest BCUT2D eigenvalue weighted by Gasteiger charge is -2.26. The minimum absolute atomic E-state index is 0.713. The highest BCUT2D eigenvalue weighted by Gasteiger charge is 2.16. The third-order valence-electron chi connectivity index (χ3n) is 4.70. The molecule has 2 aromatic carbocycles. The van der Waals surface area contributed by atoms with E-state index in [0.717, 1.165) is 37.0 Å². The van der Waals surface area contributed by atoms with E-state index in [2.05, 4.69) is 58.6 Å². The van der Waals surface area contributed by atoms with E-state index in [9.17, 15) is 0 Å². The van der Waals surface area contributed by atoms with Gasteiger partial charge in [0.25, 0.3) is 0 Å². The number of hydrogen-bond acceptors (Lipinski definition) is 2. The van der Waals surface area contributed by atoms with Crippen LogP contribution in [0.15, 0.2) is 60.8 Å². The Morgan fingerprint density at radius 2 is 2.00 bits per heavy atom. The molecule has 1 aliphatic rings. The Morgan fingerprint density at radius 3 is 2.75 bits per heavy atom. The predicted molar refractivity (Wildman–Crippen MR) is 97.3 cm³/mol. The zero-order valence-electron chi connectivity index (χ0n) is 13.5. The zero-order chi connectivity index (χ0) is 16.4. The van der Waals surface area contributed by atoms with Gasteiger partial charge < -0.3 is 4.98 Å². The maximum atomic E-state index is 9.13. The second kappa shape index (κ2) is 6.35. The topological polar surface area (TPSA) is 42.8 Å². The third-order valence-corrected chi connectivity index (χ3v) is 4.70. The van der Waals surface area contributed by atoms with Crippen molar-refractivity contribution in [1.29, 1.82) is 5.26 Å². The van der Waals surface area contributed by atoms with Gasteiger partial charge in [-0.1, -0.05) is 36.4 Å². The lowest BCUT2D eigenvalue weighted by Crippen LogP contribution is -2.27. The van der Waals surface area contributed by atoms with Crippen molar-refractivity contribution in [1.82, 2.24) is 9.88 Å². The molecule has 0 fully saturated rings. The average Bonchev–Trinajstić information content (AvgIpc) is 3.06. The van der Waals surface area contributed by atoms with Crippen molar-refractivity contribution in [3.8, 4) is 6.07 Å². The number of benzene rings is 2. The van der Waals surface area contributed by atoms with Gasteiger partial charge in [0.05, 0.1) is 11.6 Å². The van der Waals surface area contributed by atoms with Crippen LogP contribution in [-0.4, -0.2) is 23.0 Å². The molecule has 0 amide bonds. The van der Waals surface area contributed by atoms with Crippen molar-refractivity contribution in [2.45, 2.75) is 13.0 Å². The predicted octanol–water partition coefficient (Wildman–Crippen LogP) is 4.33. The van der Waals surface area contributed by atoms with E-state index in [1.807, 2.05) is 18.2 Å². The number of aromatic amines is 1. The van der Waals surface area contributed by atoms with Crippen LogP contribution in [0.5, 0.6) is 0 Å². The maximum absolute atomic E-state index is 9.13. The van der Waals surface area contributed by atoms with Crippen molar-refractivity contribution in [2.24, 2.45) is 0 Å². The number of H-pyrrole nitrogens is 1. The van der Waals surface area contributed by atoms with Crippen LogP contribution in [0.1, 0.15) is 23.1 Å². The second-order valence-electron chi connectivity index (χ2n) is 6.27. The Kier molecular flexibility index (Phi) is 3.90. The number of hydrogen-bond donors (Lipinski definition) is 1. The summed E-state index contributed by atoms with van der Waals surface area (Å²) < 4.78 is 0. The van der Waals surface area contributed by atoms with Gasteiger partial charge in [-0.25, -0.2) is 0 Å². The highest BCUT2D eigenvalue weighted by atomic mass is 15.1. The van der Waals surface area contributed by atoms with Crippen LogP contribution >= 0.6 is 0 Å². The highest BCUT2D eigenvalue weighted by Crippen LogP contribution is 2.30. The molecule has 24 heavy (non-hydrogen) atoms. The molecule has 4 rings (SSSR count). The molecule has 3 aromatic rings. The molecular weight excluding hydrogens is 294 g/mol.